The molecule has 0 bridgehead atoms. The van der Waals surface area contributed by atoms with Crippen LogP contribution in [-0.4, -0.2) is 4.98 Å². The van der Waals surface area contributed by atoms with Crippen molar-refractivity contribution >= 4 is 12.2 Å². The Bertz CT molecular complexity index is 424. The topological polar surface area (TPSA) is 42.1 Å². The molecule has 0 aliphatic carbocycles. The van der Waals surface area contributed by atoms with Gasteiger partial charge < -0.3 is 13.8 Å². The van der Waals surface area contributed by atoms with Crippen LogP contribution in [0.25, 0.3) is 11.5 Å². The van der Waals surface area contributed by atoms with E-state index in [1.54, 1.807) is 6.26 Å². The molecule has 2 aromatic rings. The highest BCUT2D eigenvalue weighted by Crippen LogP contribution is 2.21. The lowest BCUT2D eigenvalue weighted by Gasteiger charge is -1.89. The lowest BCUT2D eigenvalue weighted by Crippen LogP contribution is -1.74. The van der Waals surface area contributed by atoms with Gasteiger partial charge in [-0.15, -0.1) is 0 Å². The maximum atomic E-state index is 5.18. The molecule has 62 valence electrons. The second-order valence-corrected chi connectivity index (χ2v) is 2.79. The number of furan rings is 1. The van der Waals surface area contributed by atoms with Crippen LogP contribution in [0.5, 0.6) is 0 Å². The summed E-state index contributed by atoms with van der Waals surface area (Å²) in [4.78, 5) is 3.28. The summed E-state index contributed by atoms with van der Waals surface area (Å²) in [7, 11) is 0. The van der Waals surface area contributed by atoms with Crippen molar-refractivity contribution in [3.05, 3.63) is 29.0 Å². The van der Waals surface area contributed by atoms with Crippen LogP contribution in [0.3, 0.4) is 0 Å². The fourth-order valence-electron chi connectivity index (χ4n) is 1.06. The molecule has 0 amide bonds. The predicted molar refractivity (Wildman–Crippen MR) is 46.3 cm³/mol. The summed E-state index contributed by atoms with van der Waals surface area (Å²) in [6.45, 7) is 1.84. The molecule has 0 aliphatic heterocycles. The Morgan fingerprint density at radius 2 is 2.33 bits per heavy atom. The summed E-state index contributed by atoms with van der Waals surface area (Å²) in [6.07, 6.45) is 1.61. The van der Waals surface area contributed by atoms with Gasteiger partial charge in [0.15, 0.2) is 5.76 Å². The van der Waals surface area contributed by atoms with Crippen LogP contribution in [0, 0.1) is 11.8 Å². The molecule has 2 heterocycles. The number of oxazole rings is 1. The summed E-state index contributed by atoms with van der Waals surface area (Å²) >= 11 is 4.83. The van der Waals surface area contributed by atoms with E-state index in [9.17, 15) is 0 Å². The van der Waals surface area contributed by atoms with Gasteiger partial charge in [-0.05, 0) is 31.3 Å². The SMILES string of the molecule is Cc1oc(=S)[nH]c1-c1ccco1. The standard InChI is InChI=1S/C8H7NO2S/c1-5-7(9-8(12)11-5)6-3-2-4-10-6/h2-4H,1H3,(H,9,12). The normalized spacial score (nSPS) is 10.4. The molecule has 0 radical (unpaired) electrons. The molecule has 0 saturated carbocycles. The molecule has 0 aromatic carbocycles. The molecule has 2 rings (SSSR count). The first-order chi connectivity index (χ1) is 5.77. The summed E-state index contributed by atoms with van der Waals surface area (Å²) < 4.78 is 10.3. The minimum Gasteiger partial charge on any atom is -0.463 e. The van der Waals surface area contributed by atoms with Gasteiger partial charge in [0, 0.05) is 0 Å². The van der Waals surface area contributed by atoms with Crippen LogP contribution in [0.4, 0.5) is 0 Å². The lowest BCUT2D eigenvalue weighted by atomic mass is 10.3. The summed E-state index contributed by atoms with van der Waals surface area (Å²) in [5, 5.41) is 0. The Balaban J connectivity index is 2.61. The van der Waals surface area contributed by atoms with Crippen molar-refractivity contribution in [3.63, 3.8) is 0 Å². The zero-order chi connectivity index (χ0) is 8.55. The van der Waals surface area contributed by atoms with E-state index in [1.807, 2.05) is 19.1 Å². The monoisotopic (exact) mass is 181 g/mol. The minimum atomic E-state index is 0.374. The number of aromatic amines is 1. The maximum Gasteiger partial charge on any atom is 0.266 e. The van der Waals surface area contributed by atoms with Gasteiger partial charge in [0.2, 0.25) is 0 Å². The first-order valence-corrected chi connectivity index (χ1v) is 3.92. The molecular weight excluding hydrogens is 174 g/mol. The van der Waals surface area contributed by atoms with E-state index in [4.69, 9.17) is 21.1 Å². The van der Waals surface area contributed by atoms with Gasteiger partial charge in [0.05, 0.1) is 6.26 Å². The number of nitrogens with one attached hydrogen (secondary N) is 1. The van der Waals surface area contributed by atoms with Crippen LogP contribution in [0.1, 0.15) is 5.76 Å². The molecule has 0 spiro atoms. The van der Waals surface area contributed by atoms with Crippen molar-refractivity contribution in [2.75, 3.05) is 0 Å². The quantitative estimate of drug-likeness (QED) is 0.688. The minimum absolute atomic E-state index is 0.374. The summed E-state index contributed by atoms with van der Waals surface area (Å²) in [6, 6.07) is 3.67. The first-order valence-electron chi connectivity index (χ1n) is 3.51. The molecule has 1 N–H and O–H groups in total. The molecular formula is C8H7NO2S. The predicted octanol–water partition coefficient (Wildman–Crippen LogP) is 2.91. The molecule has 4 heteroatoms. The van der Waals surface area contributed by atoms with Gasteiger partial charge in [-0.2, -0.15) is 0 Å². The van der Waals surface area contributed by atoms with E-state index in [2.05, 4.69) is 4.98 Å². The molecule has 2 aromatic heterocycles. The largest absolute Gasteiger partial charge is 0.463 e. The maximum absolute atomic E-state index is 5.18. The van der Waals surface area contributed by atoms with E-state index in [0.29, 0.717) is 4.84 Å². The number of aryl methyl sites for hydroxylation is 1. The zero-order valence-corrected chi connectivity index (χ0v) is 7.27. The van der Waals surface area contributed by atoms with Crippen molar-refractivity contribution in [2.24, 2.45) is 0 Å². The van der Waals surface area contributed by atoms with E-state index in [0.717, 1.165) is 17.2 Å². The van der Waals surface area contributed by atoms with Crippen molar-refractivity contribution in [1.29, 1.82) is 0 Å². The Morgan fingerprint density at radius 3 is 2.83 bits per heavy atom. The van der Waals surface area contributed by atoms with Crippen molar-refractivity contribution in [3.8, 4) is 11.5 Å². The Labute approximate surface area is 74.0 Å². The van der Waals surface area contributed by atoms with E-state index < -0.39 is 0 Å². The summed E-state index contributed by atoms with van der Waals surface area (Å²) in [5.41, 5.74) is 0.810. The smallest absolute Gasteiger partial charge is 0.266 e. The van der Waals surface area contributed by atoms with Crippen LogP contribution >= 0.6 is 12.2 Å². The van der Waals surface area contributed by atoms with Crippen LogP contribution in [-0.2, 0) is 0 Å². The molecule has 0 fully saturated rings. The van der Waals surface area contributed by atoms with Crippen molar-refractivity contribution in [1.82, 2.24) is 4.98 Å². The number of rotatable bonds is 1. The van der Waals surface area contributed by atoms with Gasteiger partial charge in [0.1, 0.15) is 11.5 Å². The van der Waals surface area contributed by atoms with Crippen molar-refractivity contribution in [2.45, 2.75) is 6.92 Å². The molecule has 3 nitrogen and oxygen atoms in total. The highest BCUT2D eigenvalue weighted by Gasteiger charge is 2.07. The fourth-order valence-corrected chi connectivity index (χ4v) is 1.29. The molecule has 0 atom stereocenters. The first kappa shape index (κ1) is 7.36. The van der Waals surface area contributed by atoms with Crippen LogP contribution in [0.15, 0.2) is 27.2 Å². The highest BCUT2D eigenvalue weighted by atomic mass is 32.1. The van der Waals surface area contributed by atoms with Crippen LogP contribution in [0.2, 0.25) is 0 Å². The average Bonchev–Trinajstić information content (AvgIpc) is 2.58. The molecule has 0 aliphatic rings. The van der Waals surface area contributed by atoms with E-state index >= 15 is 0 Å². The van der Waals surface area contributed by atoms with Gasteiger partial charge >= 0.3 is 0 Å². The third kappa shape index (κ3) is 1.10. The fraction of sp³-hybridized carbons (Fsp3) is 0.125. The third-order valence-corrected chi connectivity index (χ3v) is 1.78. The summed E-state index contributed by atoms with van der Waals surface area (Å²) in [5.74, 6) is 1.49. The van der Waals surface area contributed by atoms with E-state index in [-0.39, 0.29) is 0 Å². The average molecular weight is 181 g/mol. The highest BCUT2D eigenvalue weighted by molar-refractivity contribution is 7.71. The Kier molecular flexibility index (Phi) is 1.62. The van der Waals surface area contributed by atoms with Gasteiger partial charge in [-0.1, -0.05) is 0 Å². The van der Waals surface area contributed by atoms with Crippen molar-refractivity contribution < 1.29 is 8.83 Å². The van der Waals surface area contributed by atoms with Gasteiger partial charge in [-0.25, -0.2) is 0 Å². The van der Waals surface area contributed by atoms with Gasteiger partial charge in [0.25, 0.3) is 4.84 Å². The molecule has 12 heavy (non-hydrogen) atoms. The Morgan fingerprint density at radius 1 is 1.50 bits per heavy atom. The lowest BCUT2D eigenvalue weighted by molar-refractivity contribution is 0.510. The van der Waals surface area contributed by atoms with Crippen LogP contribution < -0.4 is 0 Å². The van der Waals surface area contributed by atoms with E-state index in [1.165, 1.54) is 0 Å². The molecule has 0 saturated heterocycles. The zero-order valence-electron chi connectivity index (χ0n) is 6.46. The number of hydrogen-bond acceptors (Lipinski definition) is 3. The molecule has 0 unspecified atom stereocenters. The number of hydrogen-bond donors (Lipinski definition) is 1. The number of H-pyrrole nitrogens is 1. The Hall–Kier alpha value is -1.29. The number of aromatic nitrogens is 1. The second kappa shape index (κ2) is 2.64. The second-order valence-electron chi connectivity index (χ2n) is 2.42. The van der Waals surface area contributed by atoms with Gasteiger partial charge in [-0.3, -0.25) is 0 Å². The third-order valence-electron chi connectivity index (χ3n) is 1.59.